The van der Waals surface area contributed by atoms with Gasteiger partial charge in [-0.05, 0) is 43.7 Å². The minimum Gasteiger partial charge on any atom is -0.233 e. The Morgan fingerprint density at radius 1 is 1.18 bits per heavy atom. The van der Waals surface area contributed by atoms with E-state index in [-0.39, 0.29) is 5.82 Å². The number of hydrogen-bond acceptors (Lipinski definition) is 2. The minimum absolute atomic E-state index is 0.253. The molecule has 0 spiro atoms. The quantitative estimate of drug-likeness (QED) is 0.761. The summed E-state index contributed by atoms with van der Waals surface area (Å²) in [6.45, 7) is 3.73. The Kier molecular flexibility index (Phi) is 3.38. The first-order chi connectivity index (χ1) is 8.10. The zero-order valence-electron chi connectivity index (χ0n) is 9.67. The van der Waals surface area contributed by atoms with Gasteiger partial charge in [-0.2, -0.15) is 0 Å². The van der Waals surface area contributed by atoms with Crippen LogP contribution in [0.1, 0.15) is 17.0 Å². The van der Waals surface area contributed by atoms with Gasteiger partial charge in [0.1, 0.15) is 5.82 Å². The van der Waals surface area contributed by atoms with Gasteiger partial charge in [-0.25, -0.2) is 14.4 Å². The van der Waals surface area contributed by atoms with Gasteiger partial charge >= 0.3 is 0 Å². The second kappa shape index (κ2) is 4.80. The molecule has 2 rings (SSSR count). The Morgan fingerprint density at radius 2 is 1.94 bits per heavy atom. The van der Waals surface area contributed by atoms with E-state index in [4.69, 9.17) is 11.6 Å². The molecule has 0 N–H and O–H groups in total. The third-order valence-electron chi connectivity index (χ3n) is 2.47. The number of aryl methyl sites for hydroxylation is 2. The molecule has 4 heteroatoms. The van der Waals surface area contributed by atoms with E-state index in [0.29, 0.717) is 11.7 Å². The van der Waals surface area contributed by atoms with Crippen molar-refractivity contribution in [1.82, 2.24) is 9.97 Å². The molecule has 0 aliphatic heterocycles. The van der Waals surface area contributed by atoms with Gasteiger partial charge in [-0.3, -0.25) is 0 Å². The monoisotopic (exact) mass is 250 g/mol. The average Bonchev–Trinajstić information content (AvgIpc) is 2.28. The third-order valence-corrected chi connectivity index (χ3v) is 2.75. The molecule has 2 aromatic rings. The maximum atomic E-state index is 13.0. The fraction of sp³-hybridized carbons (Fsp3) is 0.231. The molecule has 0 aliphatic rings. The highest BCUT2D eigenvalue weighted by molar-refractivity contribution is 6.16. The van der Waals surface area contributed by atoms with Gasteiger partial charge in [0.15, 0.2) is 5.82 Å². The second-order valence-corrected chi connectivity index (χ2v) is 4.18. The van der Waals surface area contributed by atoms with Gasteiger partial charge in [0.05, 0.1) is 11.6 Å². The number of hydrogen-bond donors (Lipinski definition) is 0. The highest BCUT2D eigenvalue weighted by atomic mass is 35.5. The number of halogens is 2. The Labute approximate surface area is 104 Å². The SMILES string of the molecule is Cc1cc(CCl)nc(-c2ccc(F)cc2C)n1. The smallest absolute Gasteiger partial charge is 0.159 e. The molecule has 0 bridgehead atoms. The predicted molar refractivity (Wildman–Crippen MR) is 66.5 cm³/mol. The lowest BCUT2D eigenvalue weighted by molar-refractivity contribution is 0.627. The van der Waals surface area contributed by atoms with E-state index in [9.17, 15) is 4.39 Å². The zero-order valence-corrected chi connectivity index (χ0v) is 10.4. The van der Waals surface area contributed by atoms with E-state index >= 15 is 0 Å². The number of nitrogens with zero attached hydrogens (tertiary/aromatic N) is 2. The lowest BCUT2D eigenvalue weighted by Gasteiger charge is -2.07. The van der Waals surface area contributed by atoms with Crippen LogP contribution < -0.4 is 0 Å². The van der Waals surface area contributed by atoms with Crippen molar-refractivity contribution in [1.29, 1.82) is 0 Å². The summed E-state index contributed by atoms with van der Waals surface area (Å²) in [6, 6.07) is 6.42. The Balaban J connectivity index is 2.55. The van der Waals surface area contributed by atoms with Crippen molar-refractivity contribution < 1.29 is 4.39 Å². The second-order valence-electron chi connectivity index (χ2n) is 3.92. The van der Waals surface area contributed by atoms with Crippen molar-refractivity contribution in [3.05, 3.63) is 47.0 Å². The predicted octanol–water partition coefficient (Wildman–Crippen LogP) is 3.64. The number of rotatable bonds is 2. The van der Waals surface area contributed by atoms with E-state index in [1.54, 1.807) is 6.07 Å². The zero-order chi connectivity index (χ0) is 12.4. The van der Waals surface area contributed by atoms with Crippen LogP contribution in [-0.2, 0) is 5.88 Å². The van der Waals surface area contributed by atoms with E-state index in [1.807, 2.05) is 19.9 Å². The average molecular weight is 251 g/mol. The van der Waals surface area contributed by atoms with Gasteiger partial charge in [-0.15, -0.1) is 11.6 Å². The van der Waals surface area contributed by atoms with Gasteiger partial charge < -0.3 is 0 Å². The fourth-order valence-electron chi connectivity index (χ4n) is 1.70. The standard InChI is InChI=1S/C13H12ClFN2/c1-8-5-10(15)3-4-12(8)13-16-9(2)6-11(7-14)17-13/h3-6H,7H2,1-2H3. The Morgan fingerprint density at radius 3 is 2.59 bits per heavy atom. The molecule has 1 aromatic heterocycles. The number of alkyl halides is 1. The van der Waals surface area contributed by atoms with E-state index < -0.39 is 0 Å². The highest BCUT2D eigenvalue weighted by Crippen LogP contribution is 2.21. The van der Waals surface area contributed by atoms with Crippen molar-refractivity contribution in [3.8, 4) is 11.4 Å². The molecule has 0 unspecified atom stereocenters. The first kappa shape index (κ1) is 12.0. The van der Waals surface area contributed by atoms with Crippen LogP contribution in [0.2, 0.25) is 0 Å². The molecule has 0 aliphatic carbocycles. The molecule has 2 nitrogen and oxygen atoms in total. The largest absolute Gasteiger partial charge is 0.233 e. The van der Waals surface area contributed by atoms with Crippen LogP contribution in [0.25, 0.3) is 11.4 Å². The van der Waals surface area contributed by atoms with Crippen LogP contribution >= 0.6 is 11.6 Å². The van der Waals surface area contributed by atoms with Crippen molar-refractivity contribution in [2.75, 3.05) is 0 Å². The van der Waals surface area contributed by atoms with Crippen LogP contribution in [0.5, 0.6) is 0 Å². The van der Waals surface area contributed by atoms with Crippen molar-refractivity contribution in [2.24, 2.45) is 0 Å². The number of benzene rings is 1. The molecular weight excluding hydrogens is 239 g/mol. The van der Waals surface area contributed by atoms with Crippen LogP contribution in [-0.4, -0.2) is 9.97 Å². The summed E-state index contributed by atoms with van der Waals surface area (Å²) in [7, 11) is 0. The van der Waals surface area contributed by atoms with Crippen LogP contribution in [0, 0.1) is 19.7 Å². The third kappa shape index (κ3) is 2.61. The molecule has 0 amide bonds. The maximum absolute atomic E-state index is 13.0. The summed E-state index contributed by atoms with van der Waals surface area (Å²) >= 11 is 5.77. The minimum atomic E-state index is -0.253. The van der Waals surface area contributed by atoms with Crippen LogP contribution in [0.3, 0.4) is 0 Å². The Hall–Kier alpha value is -1.48. The van der Waals surface area contributed by atoms with Crippen LogP contribution in [0.4, 0.5) is 4.39 Å². The molecule has 1 aromatic carbocycles. The first-order valence-electron chi connectivity index (χ1n) is 5.27. The van der Waals surface area contributed by atoms with Crippen molar-refractivity contribution in [3.63, 3.8) is 0 Å². The topological polar surface area (TPSA) is 25.8 Å². The maximum Gasteiger partial charge on any atom is 0.159 e. The summed E-state index contributed by atoms with van der Waals surface area (Å²) in [5, 5.41) is 0. The molecular formula is C13H12ClFN2. The summed E-state index contributed by atoms with van der Waals surface area (Å²) in [4.78, 5) is 8.70. The summed E-state index contributed by atoms with van der Waals surface area (Å²) in [5.74, 6) is 0.686. The van der Waals surface area contributed by atoms with Gasteiger partial charge in [0.2, 0.25) is 0 Å². The Bertz CT molecular complexity index is 555. The summed E-state index contributed by atoms with van der Waals surface area (Å²) < 4.78 is 13.0. The van der Waals surface area contributed by atoms with Crippen molar-refractivity contribution >= 4 is 11.6 Å². The molecule has 0 saturated carbocycles. The van der Waals surface area contributed by atoms with E-state index in [1.165, 1.54) is 12.1 Å². The summed E-state index contributed by atoms with van der Waals surface area (Å²) in [5.41, 5.74) is 3.28. The van der Waals surface area contributed by atoms with E-state index in [0.717, 1.165) is 22.5 Å². The number of aromatic nitrogens is 2. The van der Waals surface area contributed by atoms with Gasteiger partial charge in [-0.1, -0.05) is 0 Å². The normalized spacial score (nSPS) is 10.6. The first-order valence-corrected chi connectivity index (χ1v) is 5.80. The summed E-state index contributed by atoms with van der Waals surface area (Å²) in [6.07, 6.45) is 0. The molecule has 1 heterocycles. The molecule has 0 saturated heterocycles. The molecule has 0 atom stereocenters. The molecule has 0 fully saturated rings. The lowest BCUT2D eigenvalue weighted by Crippen LogP contribution is -1.98. The van der Waals surface area contributed by atoms with Gasteiger partial charge in [0.25, 0.3) is 0 Å². The molecule has 88 valence electrons. The van der Waals surface area contributed by atoms with Crippen molar-refractivity contribution in [2.45, 2.75) is 19.7 Å². The molecule has 17 heavy (non-hydrogen) atoms. The van der Waals surface area contributed by atoms with E-state index in [2.05, 4.69) is 9.97 Å². The fourth-order valence-corrected chi connectivity index (χ4v) is 1.84. The molecule has 0 radical (unpaired) electrons. The van der Waals surface area contributed by atoms with Crippen LogP contribution in [0.15, 0.2) is 24.3 Å². The highest BCUT2D eigenvalue weighted by Gasteiger charge is 2.08. The lowest BCUT2D eigenvalue weighted by atomic mass is 10.1. The van der Waals surface area contributed by atoms with Gasteiger partial charge in [0, 0.05) is 11.3 Å².